The molecule has 0 aromatic heterocycles. The van der Waals surface area contributed by atoms with Crippen LogP contribution in [0.4, 0.5) is 4.39 Å². The smallest absolute Gasteiger partial charge is 0.254 e. The Morgan fingerprint density at radius 1 is 1.17 bits per heavy atom. The van der Waals surface area contributed by atoms with Crippen LogP contribution < -0.4 is 10.6 Å². The van der Waals surface area contributed by atoms with Gasteiger partial charge >= 0.3 is 0 Å². The molecule has 0 unspecified atom stereocenters. The molecule has 0 radical (unpaired) electrons. The molecule has 2 aromatic rings. The summed E-state index contributed by atoms with van der Waals surface area (Å²) in [4.78, 5) is 15.5. The summed E-state index contributed by atoms with van der Waals surface area (Å²) in [5.41, 5.74) is 0.0882. The van der Waals surface area contributed by atoms with Gasteiger partial charge in [0.05, 0.1) is 5.56 Å². The highest BCUT2D eigenvalue weighted by Crippen LogP contribution is 2.19. The Hall–Kier alpha value is -1.83. The average molecular weight is 452 g/mol. The SMILES string of the molecule is O=C(NC1CCN(C(=S)NCCSc2ccc(Cl)cc2)CC1)c1ccccc1F. The highest BCUT2D eigenvalue weighted by molar-refractivity contribution is 7.99. The molecule has 8 heteroatoms. The summed E-state index contributed by atoms with van der Waals surface area (Å²) in [6, 6.07) is 13.9. The Kier molecular flexibility index (Phi) is 8.15. The number of amides is 1. The van der Waals surface area contributed by atoms with E-state index in [1.165, 1.54) is 17.0 Å². The summed E-state index contributed by atoms with van der Waals surface area (Å²) in [5.74, 6) is 0.0440. The molecule has 0 bridgehead atoms. The fourth-order valence-corrected chi connectivity index (χ4v) is 4.28. The number of carbonyl (C=O) groups is 1. The molecule has 1 fully saturated rings. The summed E-state index contributed by atoms with van der Waals surface area (Å²) in [6.45, 7) is 2.30. The van der Waals surface area contributed by atoms with Crippen molar-refractivity contribution < 1.29 is 9.18 Å². The molecule has 0 aliphatic carbocycles. The maximum atomic E-state index is 13.7. The minimum Gasteiger partial charge on any atom is -0.362 e. The largest absolute Gasteiger partial charge is 0.362 e. The van der Waals surface area contributed by atoms with Gasteiger partial charge in [-0.2, -0.15) is 0 Å². The van der Waals surface area contributed by atoms with E-state index in [1.807, 2.05) is 24.3 Å². The summed E-state index contributed by atoms with van der Waals surface area (Å²) < 4.78 is 13.7. The van der Waals surface area contributed by atoms with Crippen molar-refractivity contribution in [1.29, 1.82) is 0 Å². The van der Waals surface area contributed by atoms with Gasteiger partial charge in [0.2, 0.25) is 0 Å². The molecule has 1 aliphatic heterocycles. The molecular formula is C21H23ClFN3OS2. The molecule has 1 aliphatic rings. The van der Waals surface area contributed by atoms with Gasteiger partial charge in [-0.1, -0.05) is 23.7 Å². The fraction of sp³-hybridized carbons (Fsp3) is 0.333. The van der Waals surface area contributed by atoms with Gasteiger partial charge in [0.15, 0.2) is 5.11 Å². The van der Waals surface area contributed by atoms with Crippen LogP contribution in [0.25, 0.3) is 0 Å². The van der Waals surface area contributed by atoms with Crippen LogP contribution in [0.2, 0.25) is 5.02 Å². The number of piperidine rings is 1. The average Bonchev–Trinajstić information content (AvgIpc) is 2.73. The van der Waals surface area contributed by atoms with E-state index in [4.69, 9.17) is 23.8 Å². The van der Waals surface area contributed by atoms with Crippen LogP contribution in [0.15, 0.2) is 53.4 Å². The zero-order valence-corrected chi connectivity index (χ0v) is 18.3. The predicted molar refractivity (Wildman–Crippen MR) is 121 cm³/mol. The van der Waals surface area contributed by atoms with E-state index < -0.39 is 5.82 Å². The molecule has 1 heterocycles. The second-order valence-corrected chi connectivity index (χ2v) is 8.74. The van der Waals surface area contributed by atoms with Gasteiger partial charge in [0.25, 0.3) is 5.91 Å². The normalized spacial score (nSPS) is 14.5. The Bertz CT molecular complexity index is 842. The third kappa shape index (κ3) is 6.59. The number of nitrogens with one attached hydrogen (secondary N) is 2. The van der Waals surface area contributed by atoms with E-state index in [0.29, 0.717) is 0 Å². The first kappa shape index (κ1) is 21.9. The van der Waals surface area contributed by atoms with Crippen molar-refractivity contribution in [1.82, 2.24) is 15.5 Å². The van der Waals surface area contributed by atoms with Gasteiger partial charge in [0.1, 0.15) is 5.82 Å². The number of hydrogen-bond acceptors (Lipinski definition) is 3. The molecule has 0 saturated carbocycles. The molecular weight excluding hydrogens is 429 g/mol. The van der Waals surface area contributed by atoms with Crippen LogP contribution in [0.1, 0.15) is 23.2 Å². The van der Waals surface area contributed by atoms with E-state index in [0.717, 1.165) is 48.4 Å². The Balaban J connectivity index is 1.35. The summed E-state index contributed by atoms with van der Waals surface area (Å²) in [5, 5.41) is 7.70. The summed E-state index contributed by atoms with van der Waals surface area (Å²) >= 11 is 13.1. The van der Waals surface area contributed by atoms with Gasteiger partial charge < -0.3 is 15.5 Å². The van der Waals surface area contributed by atoms with Crippen molar-refractivity contribution >= 4 is 46.6 Å². The lowest BCUT2D eigenvalue weighted by molar-refractivity contribution is 0.0918. The Labute approximate surface area is 185 Å². The quantitative estimate of drug-likeness (QED) is 0.388. The summed E-state index contributed by atoms with van der Waals surface area (Å²) in [6.07, 6.45) is 1.56. The van der Waals surface area contributed by atoms with E-state index >= 15 is 0 Å². The highest BCUT2D eigenvalue weighted by atomic mass is 35.5. The second-order valence-electron chi connectivity index (χ2n) is 6.75. The minimum atomic E-state index is -0.496. The maximum absolute atomic E-state index is 13.7. The number of nitrogens with zero attached hydrogens (tertiary/aromatic N) is 1. The molecule has 4 nitrogen and oxygen atoms in total. The molecule has 1 saturated heterocycles. The van der Waals surface area contributed by atoms with Gasteiger partial charge in [-0.3, -0.25) is 4.79 Å². The van der Waals surface area contributed by atoms with E-state index in [1.54, 1.807) is 23.9 Å². The van der Waals surface area contributed by atoms with Crippen molar-refractivity contribution in [3.8, 4) is 0 Å². The third-order valence-electron chi connectivity index (χ3n) is 4.70. The highest BCUT2D eigenvalue weighted by Gasteiger charge is 2.23. The van der Waals surface area contributed by atoms with Crippen LogP contribution in [-0.2, 0) is 0 Å². The number of rotatable bonds is 6. The van der Waals surface area contributed by atoms with E-state index in [-0.39, 0.29) is 17.5 Å². The zero-order valence-electron chi connectivity index (χ0n) is 15.9. The lowest BCUT2D eigenvalue weighted by Gasteiger charge is -2.34. The predicted octanol–water partition coefficient (Wildman–Crippen LogP) is 4.34. The van der Waals surface area contributed by atoms with Crippen LogP contribution in [0, 0.1) is 5.82 Å². The molecule has 29 heavy (non-hydrogen) atoms. The van der Waals surface area contributed by atoms with Crippen LogP contribution >= 0.6 is 35.6 Å². The molecule has 2 aromatic carbocycles. The monoisotopic (exact) mass is 451 g/mol. The molecule has 0 spiro atoms. The van der Waals surface area contributed by atoms with Gasteiger partial charge in [0, 0.05) is 41.3 Å². The number of halogens is 2. The van der Waals surface area contributed by atoms with Gasteiger partial charge in [-0.15, -0.1) is 11.8 Å². The Morgan fingerprint density at radius 2 is 1.86 bits per heavy atom. The first-order chi connectivity index (χ1) is 14.0. The molecule has 154 valence electrons. The van der Waals surface area contributed by atoms with E-state index in [2.05, 4.69) is 15.5 Å². The molecule has 1 amide bonds. The van der Waals surface area contributed by atoms with Crippen molar-refractivity contribution in [3.63, 3.8) is 0 Å². The van der Waals surface area contributed by atoms with Gasteiger partial charge in [-0.25, -0.2) is 4.39 Å². The topological polar surface area (TPSA) is 44.4 Å². The number of likely N-dealkylation sites (tertiary alicyclic amines) is 1. The first-order valence-electron chi connectivity index (χ1n) is 9.49. The molecule has 2 N–H and O–H groups in total. The fourth-order valence-electron chi connectivity index (χ4n) is 3.10. The number of thiocarbonyl (C=S) groups is 1. The molecule has 0 atom stereocenters. The minimum absolute atomic E-state index is 0.0293. The van der Waals surface area contributed by atoms with Crippen molar-refractivity contribution in [3.05, 3.63) is 64.9 Å². The van der Waals surface area contributed by atoms with Crippen molar-refractivity contribution in [2.45, 2.75) is 23.8 Å². The number of carbonyl (C=O) groups excluding carboxylic acids is 1. The standard InChI is InChI=1S/C21H23ClFN3OS2/c22-15-5-7-17(8-6-15)29-14-11-24-21(28)26-12-9-16(10-13-26)25-20(27)18-3-1-2-4-19(18)23/h1-8,16H,9-14H2,(H,24,28)(H,25,27). The molecule has 3 rings (SSSR count). The summed E-state index contributed by atoms with van der Waals surface area (Å²) in [7, 11) is 0. The lowest BCUT2D eigenvalue weighted by atomic mass is 10.0. The van der Waals surface area contributed by atoms with Crippen LogP contribution in [-0.4, -0.2) is 47.3 Å². The Morgan fingerprint density at radius 3 is 2.55 bits per heavy atom. The number of thioether (sulfide) groups is 1. The maximum Gasteiger partial charge on any atom is 0.254 e. The van der Waals surface area contributed by atoms with Crippen LogP contribution in [0.5, 0.6) is 0 Å². The van der Waals surface area contributed by atoms with Crippen LogP contribution in [0.3, 0.4) is 0 Å². The lowest BCUT2D eigenvalue weighted by Crippen LogP contribution is -2.49. The van der Waals surface area contributed by atoms with Gasteiger partial charge in [-0.05, 0) is 61.5 Å². The zero-order chi connectivity index (χ0) is 20.6. The van der Waals surface area contributed by atoms with Crippen molar-refractivity contribution in [2.75, 3.05) is 25.4 Å². The second kappa shape index (κ2) is 10.8. The van der Waals surface area contributed by atoms with Crippen molar-refractivity contribution in [2.24, 2.45) is 0 Å². The van der Waals surface area contributed by atoms with E-state index in [9.17, 15) is 9.18 Å². The first-order valence-corrected chi connectivity index (χ1v) is 11.3. The number of hydrogen-bond donors (Lipinski definition) is 2. The number of benzene rings is 2. The third-order valence-corrected chi connectivity index (χ3v) is 6.36.